The maximum Gasteiger partial charge on any atom is 0.337 e. The minimum Gasteiger partial charge on any atom is -0.478 e. The summed E-state index contributed by atoms with van der Waals surface area (Å²) in [5.41, 5.74) is 0.401. The second-order valence-corrected chi connectivity index (χ2v) is 2.53. The van der Waals surface area contributed by atoms with E-state index in [-0.39, 0.29) is 5.56 Å². The smallest absolute Gasteiger partial charge is 0.337 e. The molecule has 0 atom stereocenters. The highest BCUT2D eigenvalue weighted by atomic mass is 19.1. The molecule has 1 aromatic rings. The zero-order valence-corrected chi connectivity index (χ0v) is 7.17. The third-order valence-electron chi connectivity index (χ3n) is 1.58. The molecule has 0 heterocycles. The van der Waals surface area contributed by atoms with E-state index < -0.39 is 11.8 Å². The van der Waals surface area contributed by atoms with Crippen molar-refractivity contribution in [2.24, 2.45) is 0 Å². The molecule has 0 fully saturated rings. The predicted molar refractivity (Wildman–Crippen MR) is 47.5 cm³/mol. The number of carboxylic acid groups (broad SMARTS) is 1. The van der Waals surface area contributed by atoms with Crippen molar-refractivity contribution in [1.82, 2.24) is 0 Å². The van der Waals surface area contributed by atoms with Gasteiger partial charge in [-0.05, 0) is 25.1 Å². The minimum absolute atomic E-state index is 0.0863. The van der Waals surface area contributed by atoms with Crippen LogP contribution in [0.4, 0.5) is 10.1 Å². The van der Waals surface area contributed by atoms with Gasteiger partial charge in [-0.3, -0.25) is 0 Å². The molecule has 0 bridgehead atoms. The Morgan fingerprint density at radius 3 is 2.85 bits per heavy atom. The highest BCUT2D eigenvalue weighted by molar-refractivity contribution is 5.94. The van der Waals surface area contributed by atoms with Crippen molar-refractivity contribution in [2.75, 3.05) is 11.9 Å². The molecule has 3 nitrogen and oxygen atoms in total. The van der Waals surface area contributed by atoms with Crippen LogP contribution in [0.5, 0.6) is 0 Å². The lowest BCUT2D eigenvalue weighted by molar-refractivity contribution is 0.0698. The van der Waals surface area contributed by atoms with E-state index in [1.807, 2.05) is 6.92 Å². The molecule has 70 valence electrons. The Balaban J connectivity index is 3.10. The number of aromatic carboxylic acids is 1. The molecule has 2 N–H and O–H groups in total. The van der Waals surface area contributed by atoms with Crippen LogP contribution in [0.1, 0.15) is 17.3 Å². The molecule has 0 aliphatic carbocycles. The molecule has 0 unspecified atom stereocenters. The first kappa shape index (κ1) is 9.51. The van der Waals surface area contributed by atoms with Gasteiger partial charge in [0.25, 0.3) is 0 Å². The van der Waals surface area contributed by atoms with Crippen LogP contribution >= 0.6 is 0 Å². The lowest BCUT2D eigenvalue weighted by atomic mass is 10.2. The van der Waals surface area contributed by atoms with Crippen molar-refractivity contribution < 1.29 is 14.3 Å². The summed E-state index contributed by atoms with van der Waals surface area (Å²) in [7, 11) is 0. The first-order valence-electron chi connectivity index (χ1n) is 3.92. The summed E-state index contributed by atoms with van der Waals surface area (Å²) >= 11 is 0. The number of benzene rings is 1. The molecule has 4 heteroatoms. The molecule has 0 aliphatic heterocycles. The molecule has 0 radical (unpaired) electrons. The van der Waals surface area contributed by atoms with E-state index in [1.54, 1.807) is 0 Å². The number of rotatable bonds is 3. The van der Waals surface area contributed by atoms with Crippen molar-refractivity contribution in [3.05, 3.63) is 29.6 Å². The lowest BCUT2D eigenvalue weighted by Crippen LogP contribution is -2.05. The second-order valence-electron chi connectivity index (χ2n) is 2.53. The molecule has 1 aromatic carbocycles. The molecule has 0 amide bonds. The lowest BCUT2D eigenvalue weighted by Gasteiger charge is -2.06. The maximum atomic E-state index is 12.7. The van der Waals surface area contributed by atoms with Gasteiger partial charge in [0.2, 0.25) is 0 Å². The van der Waals surface area contributed by atoms with E-state index in [0.29, 0.717) is 12.2 Å². The number of carbonyl (C=O) groups is 1. The Morgan fingerprint density at radius 1 is 1.62 bits per heavy atom. The quantitative estimate of drug-likeness (QED) is 0.753. The van der Waals surface area contributed by atoms with E-state index in [9.17, 15) is 9.18 Å². The van der Waals surface area contributed by atoms with E-state index in [4.69, 9.17) is 5.11 Å². The summed E-state index contributed by atoms with van der Waals surface area (Å²) < 4.78 is 12.7. The SMILES string of the molecule is CCNc1cc(F)ccc1C(=O)O. The first-order valence-corrected chi connectivity index (χ1v) is 3.92. The van der Waals surface area contributed by atoms with Gasteiger partial charge in [0.1, 0.15) is 5.82 Å². The van der Waals surface area contributed by atoms with Gasteiger partial charge in [-0.2, -0.15) is 0 Å². The van der Waals surface area contributed by atoms with Crippen molar-refractivity contribution in [3.8, 4) is 0 Å². The van der Waals surface area contributed by atoms with Gasteiger partial charge >= 0.3 is 5.97 Å². The van der Waals surface area contributed by atoms with Crippen LogP contribution in [0.15, 0.2) is 18.2 Å². The number of anilines is 1. The Bertz CT molecular complexity index is 325. The number of hydrogen-bond donors (Lipinski definition) is 2. The summed E-state index contributed by atoms with van der Waals surface area (Å²) in [4.78, 5) is 10.6. The first-order chi connectivity index (χ1) is 6.15. The van der Waals surface area contributed by atoms with Crippen LogP contribution < -0.4 is 5.32 Å². The van der Waals surface area contributed by atoms with Gasteiger partial charge in [0.15, 0.2) is 0 Å². The number of hydrogen-bond acceptors (Lipinski definition) is 2. The van der Waals surface area contributed by atoms with E-state index in [2.05, 4.69) is 5.32 Å². The van der Waals surface area contributed by atoms with Crippen molar-refractivity contribution in [1.29, 1.82) is 0 Å². The fraction of sp³-hybridized carbons (Fsp3) is 0.222. The van der Waals surface area contributed by atoms with Crippen LogP contribution in [0.3, 0.4) is 0 Å². The average Bonchev–Trinajstić information content (AvgIpc) is 2.04. The molecule has 0 saturated carbocycles. The molecule has 0 saturated heterocycles. The Morgan fingerprint density at radius 2 is 2.31 bits per heavy atom. The minimum atomic E-state index is -1.06. The van der Waals surface area contributed by atoms with Crippen molar-refractivity contribution in [3.63, 3.8) is 0 Å². The third-order valence-corrected chi connectivity index (χ3v) is 1.58. The molecule has 0 aliphatic rings. The number of nitrogens with one attached hydrogen (secondary N) is 1. The summed E-state index contributed by atoms with van der Waals surface area (Å²) in [5, 5.41) is 11.5. The van der Waals surface area contributed by atoms with Gasteiger partial charge in [0, 0.05) is 6.54 Å². The van der Waals surface area contributed by atoms with Crippen LogP contribution in [0.25, 0.3) is 0 Å². The fourth-order valence-corrected chi connectivity index (χ4v) is 1.04. The Hall–Kier alpha value is -1.58. The van der Waals surface area contributed by atoms with Crippen LogP contribution in [0.2, 0.25) is 0 Å². The van der Waals surface area contributed by atoms with Gasteiger partial charge in [-0.25, -0.2) is 9.18 Å². The van der Waals surface area contributed by atoms with Crippen LogP contribution in [-0.2, 0) is 0 Å². The zero-order chi connectivity index (χ0) is 9.84. The monoisotopic (exact) mass is 183 g/mol. The Labute approximate surface area is 75.2 Å². The molecule has 0 aromatic heterocycles. The second kappa shape index (κ2) is 3.89. The van der Waals surface area contributed by atoms with Gasteiger partial charge in [-0.1, -0.05) is 0 Å². The summed E-state index contributed by atoms with van der Waals surface area (Å²) in [5.74, 6) is -1.50. The maximum absolute atomic E-state index is 12.7. The molecular weight excluding hydrogens is 173 g/mol. The van der Waals surface area contributed by atoms with Gasteiger partial charge in [-0.15, -0.1) is 0 Å². The van der Waals surface area contributed by atoms with Gasteiger partial charge in [0.05, 0.1) is 11.3 Å². The third kappa shape index (κ3) is 2.18. The average molecular weight is 183 g/mol. The summed E-state index contributed by atoms with van der Waals surface area (Å²) in [6.45, 7) is 2.38. The number of halogens is 1. The molecule has 0 spiro atoms. The van der Waals surface area contributed by atoms with E-state index in [0.717, 1.165) is 6.07 Å². The summed E-state index contributed by atoms with van der Waals surface area (Å²) in [6.07, 6.45) is 0. The standard InChI is InChI=1S/C9H10FNO2/c1-2-11-8-5-6(10)3-4-7(8)9(12)13/h3-5,11H,2H2,1H3,(H,12,13). The van der Waals surface area contributed by atoms with Crippen LogP contribution in [-0.4, -0.2) is 17.6 Å². The Kier molecular flexibility index (Phi) is 2.84. The molecule has 1 rings (SSSR count). The highest BCUT2D eigenvalue weighted by Gasteiger charge is 2.09. The highest BCUT2D eigenvalue weighted by Crippen LogP contribution is 2.16. The van der Waals surface area contributed by atoms with Crippen molar-refractivity contribution in [2.45, 2.75) is 6.92 Å². The normalized spacial score (nSPS) is 9.69. The molecule has 13 heavy (non-hydrogen) atoms. The molecular formula is C9H10FNO2. The topological polar surface area (TPSA) is 49.3 Å². The van der Waals surface area contributed by atoms with Crippen LogP contribution in [0, 0.1) is 5.82 Å². The largest absolute Gasteiger partial charge is 0.478 e. The van der Waals surface area contributed by atoms with E-state index in [1.165, 1.54) is 12.1 Å². The fourth-order valence-electron chi connectivity index (χ4n) is 1.04. The number of carboxylic acids is 1. The summed E-state index contributed by atoms with van der Waals surface area (Å²) in [6, 6.07) is 3.55. The zero-order valence-electron chi connectivity index (χ0n) is 7.17. The van der Waals surface area contributed by atoms with E-state index >= 15 is 0 Å². The van der Waals surface area contributed by atoms with Gasteiger partial charge < -0.3 is 10.4 Å². The van der Waals surface area contributed by atoms with Crippen molar-refractivity contribution >= 4 is 11.7 Å². The predicted octanol–water partition coefficient (Wildman–Crippen LogP) is 1.96.